The third-order valence-corrected chi connectivity index (χ3v) is 2.94. The van der Waals surface area contributed by atoms with E-state index in [1.807, 2.05) is 13.0 Å². The van der Waals surface area contributed by atoms with E-state index in [0.29, 0.717) is 0 Å². The first kappa shape index (κ1) is 15.8. The zero-order valence-electron chi connectivity index (χ0n) is 12.0. The Bertz CT molecular complexity index is 301. The summed E-state index contributed by atoms with van der Waals surface area (Å²) in [5, 5.41) is 9.27. The molecule has 0 saturated carbocycles. The van der Waals surface area contributed by atoms with Gasteiger partial charge in [0.25, 0.3) is 0 Å². The van der Waals surface area contributed by atoms with Crippen LogP contribution in [0.2, 0.25) is 0 Å². The average Bonchev–Trinajstić information content (AvgIpc) is 2.30. The lowest BCUT2D eigenvalue weighted by molar-refractivity contribution is 0.407. The van der Waals surface area contributed by atoms with Crippen LogP contribution in [0.25, 0.3) is 0 Å². The second-order valence-electron chi connectivity index (χ2n) is 4.89. The van der Waals surface area contributed by atoms with Crippen LogP contribution < -0.4 is 0 Å². The SMILES string of the molecule is CCN(/C=C/C(C)(C#N)CCC=C(C)C)CC. The number of hydrogen-bond donors (Lipinski definition) is 0. The van der Waals surface area contributed by atoms with Gasteiger partial charge < -0.3 is 4.90 Å². The Hall–Kier alpha value is -1.23. The second-order valence-corrected chi connectivity index (χ2v) is 4.89. The van der Waals surface area contributed by atoms with Crippen LogP contribution >= 0.6 is 0 Å². The normalized spacial score (nSPS) is 14.1. The molecule has 0 aliphatic rings. The van der Waals surface area contributed by atoms with Crippen molar-refractivity contribution in [3.05, 3.63) is 23.9 Å². The van der Waals surface area contributed by atoms with Gasteiger partial charge in [0.05, 0.1) is 11.5 Å². The van der Waals surface area contributed by atoms with Gasteiger partial charge >= 0.3 is 0 Å². The van der Waals surface area contributed by atoms with Gasteiger partial charge in [-0.15, -0.1) is 0 Å². The van der Waals surface area contributed by atoms with E-state index in [9.17, 15) is 5.26 Å². The Morgan fingerprint density at radius 1 is 1.29 bits per heavy atom. The molecule has 0 bridgehead atoms. The van der Waals surface area contributed by atoms with Crippen LogP contribution in [-0.4, -0.2) is 18.0 Å². The maximum Gasteiger partial charge on any atom is 0.0745 e. The Labute approximate surface area is 107 Å². The summed E-state index contributed by atoms with van der Waals surface area (Å²) < 4.78 is 0. The van der Waals surface area contributed by atoms with Crippen molar-refractivity contribution in [1.29, 1.82) is 5.26 Å². The van der Waals surface area contributed by atoms with E-state index < -0.39 is 0 Å². The molecule has 0 N–H and O–H groups in total. The maximum atomic E-state index is 9.27. The van der Waals surface area contributed by atoms with E-state index in [-0.39, 0.29) is 5.41 Å². The second kappa shape index (κ2) is 7.95. The highest BCUT2D eigenvalue weighted by atomic mass is 15.1. The molecule has 0 spiro atoms. The zero-order chi connectivity index (χ0) is 13.3. The molecule has 0 aliphatic carbocycles. The molecule has 0 saturated heterocycles. The zero-order valence-corrected chi connectivity index (χ0v) is 12.0. The summed E-state index contributed by atoms with van der Waals surface area (Å²) in [7, 11) is 0. The first-order valence-electron chi connectivity index (χ1n) is 6.45. The van der Waals surface area contributed by atoms with Gasteiger partial charge in [0.15, 0.2) is 0 Å². The first-order valence-corrected chi connectivity index (χ1v) is 6.45. The maximum absolute atomic E-state index is 9.27. The minimum absolute atomic E-state index is 0.353. The lowest BCUT2D eigenvalue weighted by atomic mass is 9.87. The summed E-state index contributed by atoms with van der Waals surface area (Å²) in [5.74, 6) is 0. The van der Waals surface area contributed by atoms with Crippen LogP contribution in [0, 0.1) is 16.7 Å². The molecule has 0 aromatic carbocycles. The van der Waals surface area contributed by atoms with Gasteiger partial charge in [-0.25, -0.2) is 0 Å². The van der Waals surface area contributed by atoms with Gasteiger partial charge in [0.2, 0.25) is 0 Å². The number of rotatable bonds is 7. The molecule has 2 nitrogen and oxygen atoms in total. The quantitative estimate of drug-likeness (QED) is 0.620. The molecular formula is C15H26N2. The van der Waals surface area contributed by atoms with Crippen molar-refractivity contribution in [3.63, 3.8) is 0 Å². The van der Waals surface area contributed by atoms with Crippen molar-refractivity contribution in [2.45, 2.75) is 47.5 Å². The largest absolute Gasteiger partial charge is 0.378 e. The van der Waals surface area contributed by atoms with Crippen molar-refractivity contribution in [2.24, 2.45) is 5.41 Å². The van der Waals surface area contributed by atoms with E-state index >= 15 is 0 Å². The van der Waals surface area contributed by atoms with Crippen molar-refractivity contribution >= 4 is 0 Å². The summed E-state index contributed by atoms with van der Waals surface area (Å²) in [5.41, 5.74) is 0.965. The number of allylic oxidation sites excluding steroid dienone is 3. The van der Waals surface area contributed by atoms with E-state index in [4.69, 9.17) is 0 Å². The van der Waals surface area contributed by atoms with Gasteiger partial charge in [-0.2, -0.15) is 5.26 Å². The molecule has 0 amide bonds. The van der Waals surface area contributed by atoms with Crippen molar-refractivity contribution in [1.82, 2.24) is 4.90 Å². The van der Waals surface area contributed by atoms with Gasteiger partial charge in [-0.3, -0.25) is 0 Å². The lowest BCUT2D eigenvalue weighted by Gasteiger charge is -2.20. The summed E-state index contributed by atoms with van der Waals surface area (Å²) in [4.78, 5) is 2.20. The number of nitriles is 1. The minimum atomic E-state index is -0.353. The molecule has 1 atom stereocenters. The molecule has 2 heteroatoms. The van der Waals surface area contributed by atoms with Gasteiger partial charge in [-0.1, -0.05) is 11.6 Å². The molecule has 0 heterocycles. The Morgan fingerprint density at radius 2 is 1.88 bits per heavy atom. The molecule has 96 valence electrons. The topological polar surface area (TPSA) is 27.0 Å². The molecule has 1 unspecified atom stereocenters. The fraction of sp³-hybridized carbons (Fsp3) is 0.667. The summed E-state index contributed by atoms with van der Waals surface area (Å²) >= 11 is 0. The van der Waals surface area contributed by atoms with E-state index in [0.717, 1.165) is 25.9 Å². The van der Waals surface area contributed by atoms with E-state index in [1.165, 1.54) is 5.57 Å². The van der Waals surface area contributed by atoms with Crippen molar-refractivity contribution in [3.8, 4) is 6.07 Å². The van der Waals surface area contributed by atoms with Gasteiger partial charge in [0, 0.05) is 13.1 Å². The standard InChI is InChI=1S/C15H26N2/c1-6-17(7-2)12-11-15(5,13-16)10-8-9-14(3)4/h9,11-12H,6-8,10H2,1-5H3/b12-11+. The van der Waals surface area contributed by atoms with Crippen LogP contribution in [0.1, 0.15) is 47.5 Å². The van der Waals surface area contributed by atoms with Gasteiger partial charge in [0.1, 0.15) is 0 Å². The Kier molecular flexibility index (Phi) is 7.37. The highest BCUT2D eigenvalue weighted by molar-refractivity contribution is 5.11. The van der Waals surface area contributed by atoms with Crippen LogP contribution in [0.3, 0.4) is 0 Å². The predicted molar refractivity (Wildman–Crippen MR) is 74.4 cm³/mol. The molecule has 0 aromatic heterocycles. The van der Waals surface area contributed by atoms with E-state index in [2.05, 4.69) is 50.9 Å². The monoisotopic (exact) mass is 234 g/mol. The molecule has 0 rings (SSSR count). The summed E-state index contributed by atoms with van der Waals surface area (Å²) in [6.45, 7) is 12.4. The fourth-order valence-corrected chi connectivity index (χ4v) is 1.54. The smallest absolute Gasteiger partial charge is 0.0745 e. The minimum Gasteiger partial charge on any atom is -0.378 e. The highest BCUT2D eigenvalue weighted by Crippen LogP contribution is 2.24. The Balaban J connectivity index is 4.47. The van der Waals surface area contributed by atoms with E-state index in [1.54, 1.807) is 0 Å². The summed E-state index contributed by atoms with van der Waals surface area (Å²) in [6.07, 6.45) is 8.15. The molecule has 0 aromatic rings. The lowest BCUT2D eigenvalue weighted by Crippen LogP contribution is -2.18. The average molecular weight is 234 g/mol. The fourth-order valence-electron chi connectivity index (χ4n) is 1.54. The van der Waals surface area contributed by atoms with Crippen LogP contribution in [0.15, 0.2) is 23.9 Å². The Morgan fingerprint density at radius 3 is 2.29 bits per heavy atom. The number of hydrogen-bond acceptors (Lipinski definition) is 2. The number of nitrogens with zero attached hydrogens (tertiary/aromatic N) is 2. The van der Waals surface area contributed by atoms with Crippen molar-refractivity contribution < 1.29 is 0 Å². The van der Waals surface area contributed by atoms with Crippen molar-refractivity contribution in [2.75, 3.05) is 13.1 Å². The van der Waals surface area contributed by atoms with Gasteiger partial charge in [-0.05, 0) is 59.7 Å². The van der Waals surface area contributed by atoms with Crippen LogP contribution in [0.4, 0.5) is 0 Å². The summed E-state index contributed by atoms with van der Waals surface area (Å²) in [6, 6.07) is 2.41. The molecular weight excluding hydrogens is 208 g/mol. The first-order chi connectivity index (χ1) is 7.97. The third kappa shape index (κ3) is 6.84. The molecule has 0 aliphatic heterocycles. The predicted octanol–water partition coefficient (Wildman–Crippen LogP) is 4.12. The van der Waals surface area contributed by atoms with Crippen LogP contribution in [-0.2, 0) is 0 Å². The highest BCUT2D eigenvalue weighted by Gasteiger charge is 2.19. The molecule has 0 fully saturated rings. The third-order valence-electron chi connectivity index (χ3n) is 2.94. The molecule has 0 radical (unpaired) electrons. The van der Waals surface area contributed by atoms with Crippen LogP contribution in [0.5, 0.6) is 0 Å². The molecule has 17 heavy (non-hydrogen) atoms.